The third-order valence-electron chi connectivity index (χ3n) is 5.53. The van der Waals surface area contributed by atoms with Crippen LogP contribution in [0.3, 0.4) is 0 Å². The summed E-state index contributed by atoms with van der Waals surface area (Å²) in [6, 6.07) is 3.15. The van der Waals surface area contributed by atoms with Gasteiger partial charge in [0.05, 0.1) is 30.4 Å². The average molecular weight is 455 g/mol. The number of amides is 2. The summed E-state index contributed by atoms with van der Waals surface area (Å²) in [4.78, 5) is 24.8. The van der Waals surface area contributed by atoms with E-state index in [4.69, 9.17) is 11.6 Å². The number of alkyl halides is 2. The van der Waals surface area contributed by atoms with Gasteiger partial charge in [0.15, 0.2) is 0 Å². The maximum Gasteiger partial charge on any atom is 0.320 e. The van der Waals surface area contributed by atoms with Gasteiger partial charge in [-0.3, -0.25) is 0 Å². The SMILES string of the molecule is C[C@@H](Nc1nc(Cl)nc2c1CN(C(=O)N1CCNCC1)C2)c1cccc(C(F)F)c1F. The van der Waals surface area contributed by atoms with E-state index in [0.717, 1.165) is 19.2 Å². The number of nitrogens with one attached hydrogen (secondary N) is 2. The normalized spacial score (nSPS) is 17.1. The van der Waals surface area contributed by atoms with E-state index in [9.17, 15) is 18.0 Å². The van der Waals surface area contributed by atoms with Gasteiger partial charge in [0.1, 0.15) is 11.6 Å². The summed E-state index contributed by atoms with van der Waals surface area (Å²) >= 11 is 6.07. The van der Waals surface area contributed by atoms with Crippen molar-refractivity contribution in [1.29, 1.82) is 0 Å². The fourth-order valence-corrected chi connectivity index (χ4v) is 4.08. The minimum absolute atomic E-state index is 0.00766. The van der Waals surface area contributed by atoms with Crippen LogP contribution in [0.2, 0.25) is 5.28 Å². The number of carbonyl (C=O) groups excluding carboxylic acids is 1. The summed E-state index contributed by atoms with van der Waals surface area (Å²) in [6.07, 6.45) is -2.91. The summed E-state index contributed by atoms with van der Waals surface area (Å²) in [5, 5.41) is 6.26. The van der Waals surface area contributed by atoms with E-state index in [1.807, 2.05) is 0 Å². The highest BCUT2D eigenvalue weighted by atomic mass is 35.5. The monoisotopic (exact) mass is 454 g/mol. The zero-order valence-corrected chi connectivity index (χ0v) is 17.6. The molecular weight excluding hydrogens is 433 g/mol. The highest BCUT2D eigenvalue weighted by Crippen LogP contribution is 2.33. The van der Waals surface area contributed by atoms with E-state index in [2.05, 4.69) is 20.6 Å². The van der Waals surface area contributed by atoms with Crippen LogP contribution < -0.4 is 10.6 Å². The Hall–Kier alpha value is -2.59. The van der Waals surface area contributed by atoms with Crippen LogP contribution >= 0.6 is 11.6 Å². The molecule has 1 saturated heterocycles. The van der Waals surface area contributed by atoms with Gasteiger partial charge in [-0.25, -0.2) is 27.9 Å². The molecule has 7 nitrogen and oxygen atoms in total. The van der Waals surface area contributed by atoms with Crippen molar-refractivity contribution in [2.75, 3.05) is 31.5 Å². The van der Waals surface area contributed by atoms with Gasteiger partial charge >= 0.3 is 6.03 Å². The number of rotatable bonds is 4. The minimum Gasteiger partial charge on any atom is -0.363 e. The molecule has 11 heteroatoms. The molecule has 2 amide bonds. The van der Waals surface area contributed by atoms with Crippen molar-refractivity contribution < 1.29 is 18.0 Å². The number of urea groups is 1. The first kappa shape index (κ1) is 21.6. The van der Waals surface area contributed by atoms with Crippen molar-refractivity contribution in [3.05, 3.63) is 51.7 Å². The summed E-state index contributed by atoms with van der Waals surface area (Å²) in [7, 11) is 0. The topological polar surface area (TPSA) is 73.4 Å². The van der Waals surface area contributed by atoms with Crippen LogP contribution in [0.15, 0.2) is 18.2 Å². The molecule has 1 fully saturated rings. The van der Waals surface area contributed by atoms with Crippen LogP contribution in [0.4, 0.5) is 23.8 Å². The minimum atomic E-state index is -2.91. The molecule has 2 N–H and O–H groups in total. The van der Waals surface area contributed by atoms with Crippen LogP contribution in [0.5, 0.6) is 0 Å². The molecule has 2 aliphatic rings. The Morgan fingerprint density at radius 1 is 1.16 bits per heavy atom. The van der Waals surface area contributed by atoms with Gasteiger partial charge in [-0.1, -0.05) is 18.2 Å². The van der Waals surface area contributed by atoms with Gasteiger partial charge in [-0.15, -0.1) is 0 Å². The standard InChI is InChI=1S/C20H22ClF3N6O/c1-11(12-3-2-4-13(16(12)22)17(23)24)26-18-14-9-30(10-15(14)27-19(21)28-18)20(31)29-7-5-25-6-8-29/h2-4,11,17,25H,5-10H2,1H3,(H,26,27,28)/t11-/m1/s1. The van der Waals surface area contributed by atoms with Crippen LogP contribution in [0, 0.1) is 5.82 Å². The number of piperazine rings is 1. The molecule has 1 aromatic heterocycles. The summed E-state index contributed by atoms with van der Waals surface area (Å²) in [5.74, 6) is -0.593. The van der Waals surface area contributed by atoms with Crippen LogP contribution in [-0.4, -0.2) is 52.0 Å². The lowest BCUT2D eigenvalue weighted by Crippen LogP contribution is -2.50. The fraction of sp³-hybridized carbons (Fsp3) is 0.450. The van der Waals surface area contributed by atoms with E-state index in [-0.39, 0.29) is 23.4 Å². The lowest BCUT2D eigenvalue weighted by molar-refractivity contribution is 0.145. The number of fused-ring (bicyclic) bond motifs is 1. The Morgan fingerprint density at radius 3 is 2.58 bits per heavy atom. The second-order valence-electron chi connectivity index (χ2n) is 7.56. The van der Waals surface area contributed by atoms with Crippen molar-refractivity contribution >= 4 is 23.4 Å². The Balaban J connectivity index is 1.56. The van der Waals surface area contributed by atoms with Crippen molar-refractivity contribution in [3.8, 4) is 0 Å². The smallest absolute Gasteiger partial charge is 0.320 e. The largest absolute Gasteiger partial charge is 0.363 e. The number of benzene rings is 1. The highest BCUT2D eigenvalue weighted by Gasteiger charge is 2.32. The molecule has 0 unspecified atom stereocenters. The molecule has 166 valence electrons. The molecular formula is C20H22ClF3N6O. The van der Waals surface area contributed by atoms with Crippen LogP contribution in [0.25, 0.3) is 0 Å². The zero-order chi connectivity index (χ0) is 22.1. The summed E-state index contributed by atoms with van der Waals surface area (Å²) in [5.41, 5.74) is 0.739. The third-order valence-corrected chi connectivity index (χ3v) is 5.70. The predicted octanol–water partition coefficient (Wildman–Crippen LogP) is 3.72. The maximum absolute atomic E-state index is 14.6. The Labute approximate surface area is 182 Å². The first-order valence-corrected chi connectivity index (χ1v) is 10.4. The molecule has 4 rings (SSSR count). The number of halogens is 4. The van der Waals surface area contributed by atoms with Crippen molar-refractivity contribution in [3.63, 3.8) is 0 Å². The highest BCUT2D eigenvalue weighted by molar-refractivity contribution is 6.28. The van der Waals surface area contributed by atoms with Gasteiger partial charge in [0, 0.05) is 37.3 Å². The lowest BCUT2D eigenvalue weighted by atomic mass is 10.0. The van der Waals surface area contributed by atoms with Gasteiger partial charge in [-0.05, 0) is 18.5 Å². The fourth-order valence-electron chi connectivity index (χ4n) is 3.89. The quantitative estimate of drug-likeness (QED) is 0.689. The Morgan fingerprint density at radius 2 is 1.87 bits per heavy atom. The number of aromatic nitrogens is 2. The summed E-state index contributed by atoms with van der Waals surface area (Å²) < 4.78 is 40.7. The van der Waals surface area contributed by atoms with Gasteiger partial charge in [-0.2, -0.15) is 0 Å². The molecule has 1 atom stereocenters. The van der Waals surface area contributed by atoms with Crippen molar-refractivity contribution in [1.82, 2.24) is 25.1 Å². The molecule has 0 saturated carbocycles. The van der Waals surface area contributed by atoms with Gasteiger partial charge < -0.3 is 20.4 Å². The number of hydrogen-bond acceptors (Lipinski definition) is 5. The van der Waals surface area contributed by atoms with Gasteiger partial charge in [0.25, 0.3) is 6.43 Å². The molecule has 0 bridgehead atoms. The van der Waals surface area contributed by atoms with Crippen molar-refractivity contribution in [2.45, 2.75) is 32.5 Å². The first-order valence-electron chi connectivity index (χ1n) is 9.98. The molecule has 31 heavy (non-hydrogen) atoms. The molecule has 1 aromatic carbocycles. The second-order valence-corrected chi connectivity index (χ2v) is 7.90. The summed E-state index contributed by atoms with van der Waals surface area (Å²) in [6.45, 7) is 4.95. The molecule has 0 radical (unpaired) electrons. The lowest BCUT2D eigenvalue weighted by Gasteiger charge is -2.31. The molecule has 0 aliphatic carbocycles. The number of nitrogens with zero attached hydrogens (tertiary/aromatic N) is 4. The predicted molar refractivity (Wildman–Crippen MR) is 110 cm³/mol. The average Bonchev–Trinajstić information content (AvgIpc) is 3.17. The first-order chi connectivity index (χ1) is 14.8. The molecule has 0 spiro atoms. The Bertz CT molecular complexity index is 986. The van der Waals surface area contributed by atoms with Crippen LogP contribution in [0.1, 0.15) is 41.8 Å². The van der Waals surface area contributed by atoms with E-state index >= 15 is 0 Å². The van der Waals surface area contributed by atoms with Crippen LogP contribution in [-0.2, 0) is 13.1 Å². The Kier molecular flexibility index (Phi) is 6.19. The van der Waals surface area contributed by atoms with Crippen molar-refractivity contribution in [2.24, 2.45) is 0 Å². The molecule has 2 aromatic rings. The number of carbonyl (C=O) groups is 1. The zero-order valence-electron chi connectivity index (χ0n) is 16.8. The maximum atomic E-state index is 14.6. The number of hydrogen-bond donors (Lipinski definition) is 2. The molecule has 2 aliphatic heterocycles. The molecule has 3 heterocycles. The second kappa shape index (κ2) is 8.88. The number of anilines is 1. The van der Waals surface area contributed by atoms with E-state index in [1.165, 1.54) is 12.1 Å². The van der Waals surface area contributed by atoms with E-state index in [1.54, 1.807) is 16.7 Å². The van der Waals surface area contributed by atoms with E-state index < -0.39 is 23.8 Å². The van der Waals surface area contributed by atoms with Gasteiger partial charge in [0.2, 0.25) is 5.28 Å². The third kappa shape index (κ3) is 4.40. The van der Waals surface area contributed by atoms with E-state index in [0.29, 0.717) is 36.7 Å².